The Morgan fingerprint density at radius 3 is 2.88 bits per heavy atom. The molecule has 0 bridgehead atoms. The number of aliphatic hydroxyl groups is 2. The van der Waals surface area contributed by atoms with Gasteiger partial charge in [0.1, 0.15) is 11.9 Å². The molecule has 184 valence electrons. The molecule has 1 aromatic rings. The van der Waals surface area contributed by atoms with Crippen molar-refractivity contribution in [3.8, 4) is 17.6 Å². The van der Waals surface area contributed by atoms with E-state index in [2.05, 4.69) is 30.0 Å². The molecule has 2 heterocycles. The lowest BCUT2D eigenvalue weighted by molar-refractivity contribution is -0.135. The number of carbonyl (C=O) groups excluding carboxylic acids is 1. The zero-order chi connectivity index (χ0) is 24.1. The SMILES string of the molecule is CC#CC[C@@H](C)[C@@H](O)/C=C/[C@@H]1[C@H]2c3cccc(CCCC(=O)N4CCOCC4)c3O[C@H]2C[C@H]1O. The molecule has 6 nitrogen and oxygen atoms in total. The summed E-state index contributed by atoms with van der Waals surface area (Å²) in [5, 5.41) is 21.2. The summed E-state index contributed by atoms with van der Waals surface area (Å²) in [6.07, 6.45) is 5.96. The third-order valence-corrected chi connectivity index (χ3v) is 7.40. The Morgan fingerprint density at radius 1 is 1.32 bits per heavy atom. The highest BCUT2D eigenvalue weighted by Gasteiger charge is 2.48. The van der Waals surface area contributed by atoms with E-state index in [1.165, 1.54) is 0 Å². The second-order valence-corrected chi connectivity index (χ2v) is 9.73. The lowest BCUT2D eigenvalue weighted by atomic mass is 9.86. The molecule has 6 atom stereocenters. The lowest BCUT2D eigenvalue weighted by Gasteiger charge is -2.26. The molecule has 1 aromatic carbocycles. The normalized spacial score (nSPS) is 27.5. The van der Waals surface area contributed by atoms with Crippen LogP contribution in [0.5, 0.6) is 5.75 Å². The molecular formula is C28H37NO5. The van der Waals surface area contributed by atoms with Gasteiger partial charge >= 0.3 is 0 Å². The van der Waals surface area contributed by atoms with E-state index in [0.717, 1.165) is 29.7 Å². The Kier molecular flexibility index (Phi) is 8.31. The molecule has 0 radical (unpaired) electrons. The molecule has 4 rings (SSSR count). The van der Waals surface area contributed by atoms with Gasteiger partial charge in [0.15, 0.2) is 0 Å². The van der Waals surface area contributed by atoms with E-state index in [9.17, 15) is 15.0 Å². The standard InChI is InChI=1S/C28H37NO5/c1-3-4-7-19(2)23(30)13-12-21-24(31)18-25-27(21)22-10-5-8-20(28(22)34-25)9-6-11-26(32)29-14-16-33-17-15-29/h5,8,10,12-13,19,21,23-25,27,30-31H,6-7,9,11,14-18H2,1-2H3/b13-12+/t19-,21+,23+,24-,25+,27+/m1/s1. The maximum Gasteiger partial charge on any atom is 0.222 e. The van der Waals surface area contributed by atoms with Crippen LogP contribution in [0.15, 0.2) is 30.4 Å². The minimum absolute atomic E-state index is 0.0388. The van der Waals surface area contributed by atoms with E-state index in [4.69, 9.17) is 9.47 Å². The van der Waals surface area contributed by atoms with Gasteiger partial charge in [-0.3, -0.25) is 4.79 Å². The fourth-order valence-electron chi connectivity index (χ4n) is 5.38. The number of amides is 1. The quantitative estimate of drug-likeness (QED) is 0.454. The van der Waals surface area contributed by atoms with Crippen LogP contribution in [0.3, 0.4) is 0 Å². The minimum atomic E-state index is -0.593. The second-order valence-electron chi connectivity index (χ2n) is 9.73. The number of rotatable bonds is 8. The van der Waals surface area contributed by atoms with Gasteiger partial charge < -0.3 is 24.6 Å². The van der Waals surface area contributed by atoms with Gasteiger partial charge in [0, 0.05) is 49.8 Å². The van der Waals surface area contributed by atoms with Crippen molar-refractivity contribution < 1.29 is 24.5 Å². The molecule has 3 aliphatic rings. The van der Waals surface area contributed by atoms with Gasteiger partial charge in [-0.15, -0.1) is 11.8 Å². The first-order valence-electron chi connectivity index (χ1n) is 12.6. The molecule has 0 aromatic heterocycles. The zero-order valence-corrected chi connectivity index (χ0v) is 20.3. The number of morpholine rings is 1. The van der Waals surface area contributed by atoms with Crippen LogP contribution in [0.1, 0.15) is 56.6 Å². The van der Waals surface area contributed by atoms with Gasteiger partial charge in [0.25, 0.3) is 0 Å². The molecule has 34 heavy (non-hydrogen) atoms. The summed E-state index contributed by atoms with van der Waals surface area (Å²) >= 11 is 0. The average molecular weight is 468 g/mol. The highest BCUT2D eigenvalue weighted by Crippen LogP contribution is 2.52. The number of benzene rings is 1. The van der Waals surface area contributed by atoms with Crippen molar-refractivity contribution in [2.45, 2.75) is 70.2 Å². The molecule has 1 aliphatic carbocycles. The highest BCUT2D eigenvalue weighted by atomic mass is 16.5. The number of carbonyl (C=O) groups is 1. The van der Waals surface area contributed by atoms with E-state index in [1.54, 1.807) is 6.92 Å². The summed E-state index contributed by atoms with van der Waals surface area (Å²) in [7, 11) is 0. The van der Waals surface area contributed by atoms with E-state index < -0.39 is 12.2 Å². The fraction of sp³-hybridized carbons (Fsp3) is 0.607. The van der Waals surface area contributed by atoms with Crippen molar-refractivity contribution in [2.75, 3.05) is 26.3 Å². The minimum Gasteiger partial charge on any atom is -0.489 e. The zero-order valence-electron chi connectivity index (χ0n) is 20.3. The van der Waals surface area contributed by atoms with Gasteiger partial charge in [-0.05, 0) is 31.2 Å². The smallest absolute Gasteiger partial charge is 0.222 e. The number of nitrogens with zero attached hydrogens (tertiary/aromatic N) is 1. The number of hydrogen-bond donors (Lipinski definition) is 2. The summed E-state index contributed by atoms with van der Waals surface area (Å²) < 4.78 is 11.7. The number of aryl methyl sites for hydroxylation is 1. The summed E-state index contributed by atoms with van der Waals surface area (Å²) in [4.78, 5) is 14.4. The monoisotopic (exact) mass is 467 g/mol. The van der Waals surface area contributed by atoms with Crippen LogP contribution in [-0.2, 0) is 16.0 Å². The molecular weight excluding hydrogens is 430 g/mol. The Labute approximate surface area is 202 Å². The van der Waals surface area contributed by atoms with Crippen LogP contribution in [0.25, 0.3) is 0 Å². The van der Waals surface area contributed by atoms with Crippen LogP contribution in [0.2, 0.25) is 0 Å². The van der Waals surface area contributed by atoms with Crippen molar-refractivity contribution in [3.05, 3.63) is 41.5 Å². The van der Waals surface area contributed by atoms with Crippen molar-refractivity contribution >= 4 is 5.91 Å². The number of aliphatic hydroxyl groups excluding tert-OH is 2. The van der Waals surface area contributed by atoms with Crippen molar-refractivity contribution in [1.29, 1.82) is 0 Å². The van der Waals surface area contributed by atoms with Crippen LogP contribution in [-0.4, -0.2) is 65.6 Å². The van der Waals surface area contributed by atoms with Crippen molar-refractivity contribution in [2.24, 2.45) is 11.8 Å². The number of para-hydroxylation sites is 1. The first-order valence-corrected chi connectivity index (χ1v) is 12.6. The molecule has 0 unspecified atom stereocenters. The molecule has 6 heteroatoms. The maximum absolute atomic E-state index is 12.5. The van der Waals surface area contributed by atoms with Gasteiger partial charge in [-0.1, -0.05) is 37.3 Å². The maximum atomic E-state index is 12.5. The summed E-state index contributed by atoms with van der Waals surface area (Å²) in [5.74, 6) is 7.04. The fourth-order valence-corrected chi connectivity index (χ4v) is 5.38. The third kappa shape index (κ3) is 5.49. The Bertz CT molecular complexity index is 942. The molecule has 0 spiro atoms. The molecule has 1 saturated heterocycles. The van der Waals surface area contributed by atoms with Crippen molar-refractivity contribution in [3.63, 3.8) is 0 Å². The second kappa shape index (κ2) is 11.4. The van der Waals surface area contributed by atoms with Crippen molar-refractivity contribution in [1.82, 2.24) is 4.90 Å². The predicted octanol–water partition coefficient (Wildman–Crippen LogP) is 3.06. The van der Waals surface area contributed by atoms with Gasteiger partial charge in [0.2, 0.25) is 5.91 Å². The average Bonchev–Trinajstić information content (AvgIpc) is 3.36. The Hall–Kier alpha value is -2.33. The number of hydrogen-bond acceptors (Lipinski definition) is 5. The lowest BCUT2D eigenvalue weighted by Crippen LogP contribution is -2.40. The molecule has 1 saturated carbocycles. The third-order valence-electron chi connectivity index (χ3n) is 7.40. The number of ether oxygens (including phenoxy) is 2. The van der Waals surface area contributed by atoms with E-state index in [0.29, 0.717) is 45.6 Å². The Morgan fingerprint density at radius 2 is 2.12 bits per heavy atom. The van der Waals surface area contributed by atoms with Gasteiger partial charge in [-0.25, -0.2) is 0 Å². The van der Waals surface area contributed by atoms with E-state index in [-0.39, 0.29) is 29.8 Å². The summed E-state index contributed by atoms with van der Waals surface area (Å²) in [5.41, 5.74) is 2.26. The first kappa shape index (κ1) is 24.8. The topological polar surface area (TPSA) is 79.2 Å². The summed E-state index contributed by atoms with van der Waals surface area (Å²) in [6.45, 7) is 6.40. The summed E-state index contributed by atoms with van der Waals surface area (Å²) in [6, 6.07) is 6.23. The van der Waals surface area contributed by atoms with Gasteiger partial charge in [0.05, 0.1) is 25.4 Å². The van der Waals surface area contributed by atoms with Crippen LogP contribution in [0.4, 0.5) is 0 Å². The molecule has 2 aliphatic heterocycles. The molecule has 2 fully saturated rings. The van der Waals surface area contributed by atoms with Crippen LogP contribution in [0, 0.1) is 23.7 Å². The molecule has 2 N–H and O–H groups in total. The number of fused-ring (bicyclic) bond motifs is 3. The van der Waals surface area contributed by atoms with Crippen LogP contribution < -0.4 is 4.74 Å². The van der Waals surface area contributed by atoms with Crippen LogP contribution >= 0.6 is 0 Å². The van der Waals surface area contributed by atoms with E-state index in [1.807, 2.05) is 24.0 Å². The first-order chi connectivity index (χ1) is 16.5. The van der Waals surface area contributed by atoms with Gasteiger partial charge in [-0.2, -0.15) is 0 Å². The molecule has 1 amide bonds. The largest absolute Gasteiger partial charge is 0.489 e. The Balaban J connectivity index is 1.40. The van der Waals surface area contributed by atoms with E-state index >= 15 is 0 Å². The highest BCUT2D eigenvalue weighted by molar-refractivity contribution is 5.76. The predicted molar refractivity (Wildman–Crippen MR) is 130 cm³/mol.